The first-order valence-corrected chi connectivity index (χ1v) is 39.6. The van der Waals surface area contributed by atoms with Crippen molar-refractivity contribution in [3.8, 4) is 0 Å². The molecular formula is C29Cl57. The lowest BCUT2D eigenvalue weighted by Gasteiger charge is -2.60. The van der Waals surface area contributed by atoms with Crippen LogP contribution in [-0.4, -0.2) is 121 Å². The van der Waals surface area contributed by atoms with Crippen LogP contribution in [-0.2, 0) is 0 Å². The van der Waals surface area contributed by atoms with Crippen molar-refractivity contribution in [3.63, 3.8) is 0 Å². The van der Waals surface area contributed by atoms with E-state index in [-0.39, 0.29) is 0 Å². The second-order valence-corrected chi connectivity index (χ2v) is 53.9. The molecule has 57 heteroatoms. The minimum absolute atomic E-state index is 1.73. The van der Waals surface area contributed by atoms with Gasteiger partial charge in [-0.25, -0.2) is 0 Å². The Morgan fingerprint density at radius 2 is 0.140 bits per heavy atom. The first-order chi connectivity index (χ1) is 35.9. The summed E-state index contributed by atoms with van der Waals surface area (Å²) in [4.78, 5) is 0. The Labute approximate surface area is 773 Å². The Hall–Kier alpha value is 16.5. The van der Waals surface area contributed by atoms with E-state index in [0.717, 1.165) is 0 Å². The van der Waals surface area contributed by atoms with Gasteiger partial charge in [-0.3, -0.25) is 0 Å². The fourth-order valence-electron chi connectivity index (χ4n) is 5.60. The third-order valence-electron chi connectivity index (χ3n) is 11.2. The van der Waals surface area contributed by atoms with Gasteiger partial charge in [0.15, 0.2) is 121 Å². The Bertz CT molecular complexity index is 2330. The topological polar surface area (TPSA) is 0 Å². The zero-order valence-corrected chi connectivity index (χ0v) is 79.1. The number of hydrogen-bond acceptors (Lipinski definition) is 0. The van der Waals surface area contributed by atoms with Gasteiger partial charge >= 0.3 is 0 Å². The van der Waals surface area contributed by atoms with E-state index in [1.165, 1.54) is 0 Å². The maximum Gasteiger partial charge on any atom is 0.189 e. The molecule has 86 heavy (non-hydrogen) atoms. The molecule has 0 nitrogen and oxygen atoms in total. The highest BCUT2D eigenvalue weighted by Gasteiger charge is 2.92. The molecule has 0 spiro atoms. The van der Waals surface area contributed by atoms with E-state index in [1.807, 2.05) is 0 Å². The number of alkyl halides is 56. The molecule has 0 unspecified atom stereocenters. The van der Waals surface area contributed by atoms with Gasteiger partial charge in [0, 0.05) is 0 Å². The maximum absolute atomic E-state index is 6.74. The molecule has 515 valence electrons. The van der Waals surface area contributed by atoms with Gasteiger partial charge in [0.1, 0.15) is 5.38 Å². The van der Waals surface area contributed by atoms with Crippen molar-refractivity contribution < 1.29 is 0 Å². The molecular weight excluding hydrogens is 2370 g/mol. The van der Waals surface area contributed by atoms with E-state index in [4.69, 9.17) is 661 Å². The summed E-state index contributed by atoms with van der Waals surface area (Å²) in [7, 11) is 0. The average molecular weight is 2370 g/mol. The molecule has 0 saturated heterocycles. The minimum Gasteiger partial charge on any atom is -0.110 e. The summed E-state index contributed by atoms with van der Waals surface area (Å²) in [6, 6.07) is 0. The highest BCUT2D eigenvalue weighted by atomic mass is 35.6. The quantitative estimate of drug-likeness (QED) is 0.212. The van der Waals surface area contributed by atoms with E-state index < -0.39 is 127 Å². The summed E-state index contributed by atoms with van der Waals surface area (Å²) in [6.07, 6.45) is 0. The molecule has 1 fully saturated rings. The third-order valence-corrected chi connectivity index (χ3v) is 54.0. The molecule has 0 aromatic carbocycles. The molecule has 0 N–H and O–H groups in total. The lowest BCUT2D eigenvalue weighted by molar-refractivity contribution is 0.379. The average Bonchev–Trinajstić information content (AvgIpc) is 3.28. The van der Waals surface area contributed by atoms with E-state index >= 15 is 0 Å². The van der Waals surface area contributed by atoms with Gasteiger partial charge in [0.25, 0.3) is 0 Å². The largest absolute Gasteiger partial charge is 0.189 e. The molecule has 0 heterocycles. The van der Waals surface area contributed by atoms with E-state index in [9.17, 15) is 0 Å². The summed E-state index contributed by atoms with van der Waals surface area (Å²) in [6.45, 7) is 0. The molecule has 0 amide bonds. The first kappa shape index (κ1) is 101. The van der Waals surface area contributed by atoms with E-state index in [0.29, 0.717) is 0 Å². The van der Waals surface area contributed by atoms with Gasteiger partial charge in [0.05, 0.1) is 0 Å². The zero-order valence-electron chi connectivity index (χ0n) is 36.0. The van der Waals surface area contributed by atoms with Crippen molar-refractivity contribution in [2.45, 2.75) is 121 Å². The number of rotatable bonds is 0. The second kappa shape index (κ2) is 29.2. The van der Waals surface area contributed by atoms with Gasteiger partial charge in [-0.2, -0.15) is 0 Å². The van der Waals surface area contributed by atoms with Crippen LogP contribution < -0.4 is 0 Å². The van der Waals surface area contributed by atoms with Crippen molar-refractivity contribution >= 4 is 661 Å². The van der Waals surface area contributed by atoms with Crippen LogP contribution in [0.25, 0.3) is 0 Å². The highest BCUT2D eigenvalue weighted by molar-refractivity contribution is 6.89. The summed E-state index contributed by atoms with van der Waals surface area (Å²) in [5, 5.41) is -1.73. The van der Waals surface area contributed by atoms with Gasteiger partial charge in [-0.05, 0) is 0 Å². The fourth-order valence-corrected chi connectivity index (χ4v) is 27.0. The van der Waals surface area contributed by atoms with Crippen LogP contribution in [0.15, 0.2) is 0 Å². The first-order valence-electron chi connectivity index (χ1n) is 18.0. The third kappa shape index (κ3) is 13.5. The van der Waals surface area contributed by atoms with Crippen molar-refractivity contribution in [2.24, 2.45) is 0 Å². The van der Waals surface area contributed by atoms with Crippen LogP contribution >= 0.6 is 661 Å². The number of hydrogen-bond donors (Lipinski definition) is 0. The smallest absolute Gasteiger partial charge is 0.110 e. The summed E-state index contributed by atoms with van der Waals surface area (Å²) in [5.74, 6) is 0. The Morgan fingerprint density at radius 1 is 0.0930 bits per heavy atom. The van der Waals surface area contributed by atoms with Gasteiger partial charge in [0.2, 0.25) is 0 Å². The van der Waals surface area contributed by atoms with Crippen LogP contribution in [0.5, 0.6) is 0 Å². The maximum atomic E-state index is 6.74. The fraction of sp³-hybridized carbons (Fsp3) is 0.966. The minimum atomic E-state index is -4.00. The SMILES string of the molecule is Cl[C]1C(Cl)(Cl)C(Cl)(Cl)C(Cl)(Cl)C(Cl)(Cl)C(Cl)(Cl)C(Cl)(Cl)C(Cl)(Cl)C(Cl)(Cl)C(Cl)(Cl)C(Cl)(Cl)C(Cl)(Cl)C(Cl)(Cl)C(Cl)(Cl)C(Cl)(Cl)C(Cl)(Cl)C(Cl)(Cl)C(Cl)(Cl)C(Cl)(Cl)C(Cl)(Cl)C(Cl)(Cl)C(Cl)(Cl)C(Cl)(Cl)C(Cl)(Cl)C(Cl)(Cl)C(Cl)(Cl)C(Cl)(Cl)C(Cl)(Cl)C1(Cl)Cl. The lowest BCUT2D eigenvalue weighted by Crippen LogP contribution is -2.77. The molecule has 0 atom stereocenters. The van der Waals surface area contributed by atoms with Crippen LogP contribution in [0.3, 0.4) is 0 Å². The summed E-state index contributed by atoms with van der Waals surface area (Å²) >= 11 is 383. The Balaban J connectivity index is 5.24. The summed E-state index contributed by atoms with van der Waals surface area (Å²) < 4.78 is -111. The van der Waals surface area contributed by atoms with Crippen LogP contribution in [0, 0.1) is 5.38 Å². The molecule has 0 aromatic heterocycles. The van der Waals surface area contributed by atoms with Gasteiger partial charge in [-0.15, -0.1) is 11.6 Å². The van der Waals surface area contributed by atoms with Gasteiger partial charge < -0.3 is 0 Å². The monoisotopic (exact) mass is 2340 g/mol. The predicted molar refractivity (Wildman–Crippen MR) is 413 cm³/mol. The van der Waals surface area contributed by atoms with Crippen molar-refractivity contribution in [1.82, 2.24) is 0 Å². The zero-order chi connectivity index (χ0) is 71.6. The van der Waals surface area contributed by atoms with Crippen LogP contribution in [0.1, 0.15) is 0 Å². The normalized spacial score (nSPS) is 33.9. The molecule has 1 rings (SSSR count). The molecule has 0 aromatic rings. The molecule has 1 saturated carbocycles. The van der Waals surface area contributed by atoms with Crippen LogP contribution in [0.2, 0.25) is 0 Å². The highest BCUT2D eigenvalue weighted by Crippen LogP contribution is 2.83. The predicted octanol–water partition coefficient (Wildman–Crippen LogP) is 33.6. The lowest BCUT2D eigenvalue weighted by atomic mass is 9.95. The molecule has 0 bridgehead atoms. The second-order valence-electron chi connectivity index (χ2n) is 16.4. The molecule has 1 radical (unpaired) electrons. The number of halogens is 57. The molecule has 1 aliphatic rings. The standard InChI is InChI=1S/C29Cl57/c30-1-2(31,32)4(35,36)6(39,40)8(43,44)10(47,48)12(51,52)14(55,56)16(59,60)18(63,64)20(67,68)22(71,72)24(75,76)26(79,80)28(83,84)29(85,86)27(81,82)25(77,78)23(73,74)21(69,70)19(65,66)17(61,62)15(57,58)13(53,54)11(49,50)9(45,46)7(41,42)5(37,38)3(1,33)34. The molecule has 1 aliphatic carbocycles. The van der Waals surface area contributed by atoms with E-state index in [2.05, 4.69) is 0 Å². The Morgan fingerprint density at radius 3 is 0.198 bits per heavy atom. The Kier molecular flexibility index (Phi) is 34.1. The van der Waals surface area contributed by atoms with Crippen molar-refractivity contribution in [3.05, 3.63) is 5.38 Å². The van der Waals surface area contributed by atoms with Crippen molar-refractivity contribution in [1.29, 1.82) is 0 Å². The summed E-state index contributed by atoms with van der Waals surface area (Å²) in [5.41, 5.74) is 0. The molecule has 0 aliphatic heterocycles. The van der Waals surface area contributed by atoms with Crippen molar-refractivity contribution in [2.75, 3.05) is 0 Å². The van der Waals surface area contributed by atoms with Gasteiger partial charge in [-0.1, -0.05) is 650 Å². The van der Waals surface area contributed by atoms with E-state index in [1.54, 1.807) is 0 Å². The van der Waals surface area contributed by atoms with Crippen LogP contribution in [0.4, 0.5) is 0 Å².